The van der Waals surface area contributed by atoms with Gasteiger partial charge in [0.25, 0.3) is 0 Å². The van der Waals surface area contributed by atoms with Crippen LogP contribution in [0.4, 0.5) is 0 Å². The van der Waals surface area contributed by atoms with E-state index < -0.39 is 16.0 Å². The van der Waals surface area contributed by atoms with Gasteiger partial charge in [0.2, 0.25) is 15.9 Å². The van der Waals surface area contributed by atoms with Crippen molar-refractivity contribution >= 4 is 45.1 Å². The third kappa shape index (κ3) is 5.57. The molecule has 0 radical (unpaired) electrons. The Kier molecular flexibility index (Phi) is 7.59. The summed E-state index contributed by atoms with van der Waals surface area (Å²) in [6.07, 6.45) is 0.815. The van der Waals surface area contributed by atoms with Gasteiger partial charge in [0.05, 0.1) is 17.7 Å². The van der Waals surface area contributed by atoms with E-state index in [1.54, 1.807) is 24.3 Å². The molecule has 0 spiro atoms. The SMILES string of the molecule is COC(=O)c1ccc(CNC(=O)C2CCN(S(=O)(=O)c3cc(Cl)ccc3Cl)CC2)cc1. The van der Waals surface area contributed by atoms with Gasteiger partial charge < -0.3 is 10.1 Å². The maximum Gasteiger partial charge on any atom is 0.337 e. The third-order valence-electron chi connectivity index (χ3n) is 5.18. The van der Waals surface area contributed by atoms with Crippen LogP contribution in [0.25, 0.3) is 0 Å². The standard InChI is InChI=1S/C21H22Cl2N2O5S/c1-30-21(27)16-4-2-14(3-5-16)13-24-20(26)15-8-10-25(11-9-15)31(28,29)19-12-17(22)6-7-18(19)23/h2-7,12,15H,8-11,13H2,1H3,(H,24,26). The maximum absolute atomic E-state index is 12.9. The largest absolute Gasteiger partial charge is 0.465 e. The molecule has 0 atom stereocenters. The molecule has 1 N–H and O–H groups in total. The number of carbonyl (C=O) groups is 2. The van der Waals surface area contributed by atoms with E-state index in [0.29, 0.717) is 24.9 Å². The topological polar surface area (TPSA) is 92.8 Å². The highest BCUT2D eigenvalue weighted by Crippen LogP contribution is 2.30. The molecule has 10 heteroatoms. The third-order valence-corrected chi connectivity index (χ3v) is 7.79. The monoisotopic (exact) mass is 484 g/mol. The molecule has 31 heavy (non-hydrogen) atoms. The van der Waals surface area contributed by atoms with Crippen LogP contribution >= 0.6 is 23.2 Å². The predicted molar refractivity (Wildman–Crippen MR) is 118 cm³/mol. The molecule has 1 aliphatic heterocycles. The first-order chi connectivity index (χ1) is 14.7. The number of nitrogens with one attached hydrogen (secondary N) is 1. The fourth-order valence-corrected chi connectivity index (χ4v) is 5.59. The lowest BCUT2D eigenvalue weighted by Gasteiger charge is -2.30. The number of piperidine rings is 1. The van der Waals surface area contributed by atoms with E-state index in [4.69, 9.17) is 23.2 Å². The number of halogens is 2. The van der Waals surface area contributed by atoms with E-state index in [1.165, 1.54) is 29.6 Å². The van der Waals surface area contributed by atoms with E-state index in [-0.39, 0.29) is 39.9 Å². The van der Waals surface area contributed by atoms with E-state index in [1.807, 2.05) is 0 Å². The summed E-state index contributed by atoms with van der Waals surface area (Å²) in [6, 6.07) is 11.1. The summed E-state index contributed by atoms with van der Waals surface area (Å²) in [4.78, 5) is 24.0. The number of methoxy groups -OCH3 is 1. The Balaban J connectivity index is 1.55. The van der Waals surface area contributed by atoms with Crippen molar-refractivity contribution in [1.82, 2.24) is 9.62 Å². The second-order valence-corrected chi connectivity index (χ2v) is 9.91. The molecular weight excluding hydrogens is 463 g/mol. The number of hydrogen-bond acceptors (Lipinski definition) is 5. The molecule has 1 aliphatic rings. The summed E-state index contributed by atoms with van der Waals surface area (Å²) in [7, 11) is -2.47. The number of nitrogens with zero attached hydrogens (tertiary/aromatic N) is 1. The molecular formula is C21H22Cl2N2O5S. The van der Waals surface area contributed by atoms with Crippen LogP contribution in [-0.2, 0) is 26.1 Å². The number of rotatable bonds is 6. The Labute approximate surface area is 191 Å². The number of sulfonamides is 1. The second-order valence-electron chi connectivity index (χ2n) is 7.16. The number of ether oxygens (including phenoxy) is 1. The number of esters is 1. The van der Waals surface area contributed by atoms with Crippen LogP contribution in [-0.4, -0.2) is 44.8 Å². The van der Waals surface area contributed by atoms with Crippen LogP contribution < -0.4 is 5.32 Å². The molecule has 0 saturated carbocycles. The normalized spacial score (nSPS) is 15.5. The first kappa shape index (κ1) is 23.5. The lowest BCUT2D eigenvalue weighted by molar-refractivity contribution is -0.126. The van der Waals surface area contributed by atoms with Gasteiger partial charge in [0.15, 0.2) is 0 Å². The molecule has 0 bridgehead atoms. The van der Waals surface area contributed by atoms with Gasteiger partial charge in [-0.15, -0.1) is 0 Å². The molecule has 1 heterocycles. The van der Waals surface area contributed by atoms with Crippen molar-refractivity contribution in [2.24, 2.45) is 5.92 Å². The van der Waals surface area contributed by atoms with Crippen molar-refractivity contribution in [3.05, 3.63) is 63.6 Å². The summed E-state index contributed by atoms with van der Waals surface area (Å²) in [5.41, 5.74) is 1.28. The van der Waals surface area contributed by atoms with Gasteiger partial charge in [-0.05, 0) is 48.7 Å². The second kappa shape index (κ2) is 9.99. The van der Waals surface area contributed by atoms with Gasteiger partial charge in [-0.3, -0.25) is 4.79 Å². The summed E-state index contributed by atoms with van der Waals surface area (Å²) < 4.78 is 31.8. The zero-order chi connectivity index (χ0) is 22.6. The molecule has 0 unspecified atom stereocenters. The van der Waals surface area contributed by atoms with E-state index >= 15 is 0 Å². The van der Waals surface area contributed by atoms with Crippen molar-refractivity contribution in [3.63, 3.8) is 0 Å². The van der Waals surface area contributed by atoms with E-state index in [0.717, 1.165) is 5.56 Å². The van der Waals surface area contributed by atoms with Gasteiger partial charge >= 0.3 is 5.97 Å². The van der Waals surface area contributed by atoms with E-state index in [2.05, 4.69) is 10.1 Å². The smallest absolute Gasteiger partial charge is 0.337 e. The summed E-state index contributed by atoms with van der Waals surface area (Å²) in [5, 5.41) is 3.27. The van der Waals surface area contributed by atoms with Gasteiger partial charge in [-0.1, -0.05) is 35.3 Å². The van der Waals surface area contributed by atoms with Crippen LogP contribution in [0.15, 0.2) is 47.4 Å². The Hall–Kier alpha value is -2.13. The van der Waals surface area contributed by atoms with Crippen LogP contribution in [0.2, 0.25) is 10.0 Å². The average molecular weight is 485 g/mol. The molecule has 7 nitrogen and oxygen atoms in total. The molecule has 2 aromatic carbocycles. The highest BCUT2D eigenvalue weighted by molar-refractivity contribution is 7.89. The predicted octanol–water partition coefficient (Wildman–Crippen LogP) is 3.50. The lowest BCUT2D eigenvalue weighted by Crippen LogP contribution is -2.42. The molecule has 1 saturated heterocycles. The average Bonchev–Trinajstić information content (AvgIpc) is 2.78. The zero-order valence-corrected chi connectivity index (χ0v) is 19.1. The van der Waals surface area contributed by atoms with Crippen LogP contribution in [0.3, 0.4) is 0 Å². The number of benzene rings is 2. The summed E-state index contributed by atoms with van der Waals surface area (Å²) >= 11 is 12.0. The Morgan fingerprint density at radius 2 is 1.74 bits per heavy atom. The van der Waals surface area contributed by atoms with Crippen LogP contribution in [0.5, 0.6) is 0 Å². The highest BCUT2D eigenvalue weighted by atomic mass is 35.5. The molecule has 0 aliphatic carbocycles. The fourth-order valence-electron chi connectivity index (χ4n) is 3.38. The molecule has 2 aromatic rings. The van der Waals surface area contributed by atoms with Gasteiger partial charge in [-0.2, -0.15) is 4.31 Å². The van der Waals surface area contributed by atoms with Crippen LogP contribution in [0, 0.1) is 5.92 Å². The Bertz CT molecular complexity index is 1070. The minimum absolute atomic E-state index is 0.0278. The minimum atomic E-state index is -3.79. The fraction of sp³-hybridized carbons (Fsp3) is 0.333. The lowest BCUT2D eigenvalue weighted by atomic mass is 9.97. The zero-order valence-electron chi connectivity index (χ0n) is 16.8. The number of carbonyl (C=O) groups excluding carboxylic acids is 2. The Morgan fingerprint density at radius 3 is 2.35 bits per heavy atom. The number of amides is 1. The van der Waals surface area contributed by atoms with Gasteiger partial charge in [0, 0.05) is 30.6 Å². The maximum atomic E-state index is 12.9. The highest BCUT2D eigenvalue weighted by Gasteiger charge is 2.33. The first-order valence-corrected chi connectivity index (χ1v) is 11.8. The Morgan fingerprint density at radius 1 is 1.10 bits per heavy atom. The van der Waals surface area contributed by atoms with E-state index in [9.17, 15) is 18.0 Å². The summed E-state index contributed by atoms with van der Waals surface area (Å²) in [6.45, 7) is 0.755. The minimum Gasteiger partial charge on any atom is -0.465 e. The van der Waals surface area contributed by atoms with Gasteiger partial charge in [0.1, 0.15) is 4.90 Å². The molecule has 3 rings (SSSR count). The van der Waals surface area contributed by atoms with Crippen molar-refractivity contribution < 1.29 is 22.7 Å². The van der Waals surface area contributed by atoms with Crippen molar-refractivity contribution in [2.45, 2.75) is 24.3 Å². The molecule has 1 fully saturated rings. The molecule has 1 amide bonds. The summed E-state index contributed by atoms with van der Waals surface area (Å²) in [5.74, 6) is -0.832. The first-order valence-electron chi connectivity index (χ1n) is 9.62. The van der Waals surface area contributed by atoms with Crippen LogP contribution in [0.1, 0.15) is 28.8 Å². The van der Waals surface area contributed by atoms with Crippen molar-refractivity contribution in [1.29, 1.82) is 0 Å². The molecule has 0 aromatic heterocycles. The van der Waals surface area contributed by atoms with Crippen molar-refractivity contribution in [3.8, 4) is 0 Å². The quantitative estimate of drug-likeness (QED) is 0.633. The molecule has 166 valence electrons. The van der Waals surface area contributed by atoms with Crippen molar-refractivity contribution in [2.75, 3.05) is 20.2 Å². The number of hydrogen-bond donors (Lipinski definition) is 1. The van der Waals surface area contributed by atoms with Gasteiger partial charge in [-0.25, -0.2) is 13.2 Å².